The van der Waals surface area contributed by atoms with Crippen LogP contribution in [0.5, 0.6) is 5.75 Å². The molecule has 31 heavy (non-hydrogen) atoms. The van der Waals surface area contributed by atoms with Crippen molar-refractivity contribution in [1.29, 1.82) is 0 Å². The van der Waals surface area contributed by atoms with Crippen molar-refractivity contribution >= 4 is 21.6 Å². The van der Waals surface area contributed by atoms with E-state index in [2.05, 4.69) is 19.2 Å². The van der Waals surface area contributed by atoms with Crippen molar-refractivity contribution in [3.63, 3.8) is 0 Å². The number of ether oxygens (including phenoxy) is 1. The molecule has 1 heterocycles. The Labute approximate surface area is 185 Å². The number of carbonyl (C=O) groups excluding carboxylic acids is 1. The number of anilines is 1. The van der Waals surface area contributed by atoms with E-state index >= 15 is 0 Å². The smallest absolute Gasteiger partial charge is 0.244 e. The first-order valence-corrected chi connectivity index (χ1v) is 12.7. The molecule has 0 unspecified atom stereocenters. The van der Waals surface area contributed by atoms with Gasteiger partial charge in [-0.2, -0.15) is 0 Å². The third kappa shape index (κ3) is 4.87. The molecule has 7 heteroatoms. The summed E-state index contributed by atoms with van der Waals surface area (Å²) in [7, 11) is -3.66. The minimum atomic E-state index is -3.66. The van der Waals surface area contributed by atoms with Crippen LogP contribution in [0, 0.1) is 0 Å². The second-order valence-electron chi connectivity index (χ2n) is 8.11. The summed E-state index contributed by atoms with van der Waals surface area (Å²) in [6.07, 6.45) is 3.77. The summed E-state index contributed by atoms with van der Waals surface area (Å²) >= 11 is 0. The highest BCUT2D eigenvalue weighted by molar-refractivity contribution is 7.92. The third-order valence-electron chi connectivity index (χ3n) is 6.14. The molecule has 1 amide bonds. The van der Waals surface area contributed by atoms with E-state index < -0.39 is 16.1 Å². The highest BCUT2D eigenvalue weighted by Gasteiger charge is 2.40. The quantitative estimate of drug-likeness (QED) is 0.654. The molecule has 0 saturated carbocycles. The van der Waals surface area contributed by atoms with Gasteiger partial charge in [0.05, 0.1) is 18.0 Å². The average molecular weight is 445 g/mol. The summed E-state index contributed by atoms with van der Waals surface area (Å²) in [6.45, 7) is 6.00. The fraction of sp³-hybridized carbons (Fsp3) is 0.458. The van der Waals surface area contributed by atoms with E-state index in [1.165, 1.54) is 4.31 Å². The van der Waals surface area contributed by atoms with Crippen LogP contribution in [-0.2, 0) is 14.8 Å². The van der Waals surface area contributed by atoms with Gasteiger partial charge < -0.3 is 10.1 Å². The first-order chi connectivity index (χ1) is 14.7. The summed E-state index contributed by atoms with van der Waals surface area (Å²) in [5.74, 6) is 0.471. The normalized spacial score (nSPS) is 18.4. The zero-order chi connectivity index (χ0) is 22.6. The van der Waals surface area contributed by atoms with Crippen LogP contribution >= 0.6 is 0 Å². The molecule has 2 aromatic carbocycles. The second kappa shape index (κ2) is 9.30. The maximum atomic E-state index is 13.4. The molecule has 0 radical (unpaired) electrons. The van der Waals surface area contributed by atoms with Gasteiger partial charge in [0.25, 0.3) is 0 Å². The van der Waals surface area contributed by atoms with Crippen LogP contribution in [0.1, 0.15) is 58.1 Å². The minimum Gasteiger partial charge on any atom is -0.487 e. The van der Waals surface area contributed by atoms with E-state index in [-0.39, 0.29) is 17.6 Å². The Hall–Kier alpha value is -2.54. The molecule has 2 aromatic rings. The predicted molar refractivity (Wildman–Crippen MR) is 124 cm³/mol. The fourth-order valence-corrected chi connectivity index (χ4v) is 5.54. The number of benzene rings is 2. The van der Waals surface area contributed by atoms with Gasteiger partial charge >= 0.3 is 0 Å². The lowest BCUT2D eigenvalue weighted by atomic mass is 9.83. The standard InChI is InChI=1S/C24H32N2O4S/c1-5-21(26(31(4,28)29)18-13-9-8-10-14-18)23(27)25-20-17-24(6-2,7-3)30-22-16-12-11-15-19(20)22/h8-16,20-21H,5-7,17H2,1-4H3,(H,25,27)/t20-,21-/m1/s1. The lowest BCUT2D eigenvalue weighted by molar-refractivity contribution is -0.123. The van der Waals surface area contributed by atoms with Crippen LogP contribution in [0.15, 0.2) is 54.6 Å². The van der Waals surface area contributed by atoms with E-state index in [1.807, 2.05) is 37.3 Å². The number of nitrogens with zero attached hydrogens (tertiary/aromatic N) is 1. The Morgan fingerprint density at radius 3 is 2.29 bits per heavy atom. The number of rotatable bonds is 8. The number of carbonyl (C=O) groups is 1. The van der Waals surface area contributed by atoms with Gasteiger partial charge in [0.15, 0.2) is 0 Å². The number of nitrogens with one attached hydrogen (secondary N) is 1. The number of hydrogen-bond acceptors (Lipinski definition) is 4. The van der Waals surface area contributed by atoms with E-state index in [9.17, 15) is 13.2 Å². The van der Waals surface area contributed by atoms with Crippen molar-refractivity contribution in [2.75, 3.05) is 10.6 Å². The summed E-state index contributed by atoms with van der Waals surface area (Å²) in [5, 5.41) is 3.15. The van der Waals surface area contributed by atoms with Crippen LogP contribution in [0.25, 0.3) is 0 Å². The molecule has 168 valence electrons. The van der Waals surface area contributed by atoms with Crippen LogP contribution in [0.3, 0.4) is 0 Å². The second-order valence-corrected chi connectivity index (χ2v) is 9.97. The maximum Gasteiger partial charge on any atom is 0.244 e. The number of hydrogen-bond donors (Lipinski definition) is 1. The number of para-hydroxylation sites is 2. The van der Waals surface area contributed by atoms with E-state index in [4.69, 9.17) is 4.74 Å². The molecule has 2 atom stereocenters. The highest BCUT2D eigenvalue weighted by Crippen LogP contribution is 2.42. The largest absolute Gasteiger partial charge is 0.487 e. The van der Waals surface area contributed by atoms with Crippen LogP contribution < -0.4 is 14.4 Å². The number of fused-ring (bicyclic) bond motifs is 1. The van der Waals surface area contributed by atoms with Crippen LogP contribution in [0.4, 0.5) is 5.69 Å². The molecule has 0 aromatic heterocycles. The predicted octanol–water partition coefficient (Wildman–Crippen LogP) is 4.43. The SMILES string of the molecule is CC[C@H](C(=O)N[C@@H]1CC(CC)(CC)Oc2ccccc21)N(c1ccccc1)S(C)(=O)=O. The lowest BCUT2D eigenvalue weighted by Gasteiger charge is -2.42. The molecule has 1 aliphatic heterocycles. The summed E-state index contributed by atoms with van der Waals surface area (Å²) in [6, 6.07) is 15.4. The van der Waals surface area contributed by atoms with Gasteiger partial charge in [-0.15, -0.1) is 0 Å². The Bertz CT molecular complexity index is 1000. The van der Waals surface area contributed by atoms with Gasteiger partial charge in [-0.3, -0.25) is 9.10 Å². The molecular weight excluding hydrogens is 412 g/mol. The van der Waals surface area contributed by atoms with Crippen molar-refractivity contribution < 1.29 is 17.9 Å². The topological polar surface area (TPSA) is 75.7 Å². The average Bonchev–Trinajstić information content (AvgIpc) is 2.76. The molecule has 1 N–H and O–H groups in total. The molecule has 0 fully saturated rings. The van der Waals surface area contributed by atoms with Gasteiger partial charge in [0, 0.05) is 12.0 Å². The van der Waals surface area contributed by atoms with Crippen molar-refractivity contribution in [3.8, 4) is 5.75 Å². The molecule has 6 nitrogen and oxygen atoms in total. The van der Waals surface area contributed by atoms with Crippen LogP contribution in [0.2, 0.25) is 0 Å². The van der Waals surface area contributed by atoms with E-state index in [0.29, 0.717) is 18.5 Å². The lowest BCUT2D eigenvalue weighted by Crippen LogP contribution is -2.52. The first kappa shape index (κ1) is 23.1. The van der Waals surface area contributed by atoms with Gasteiger partial charge in [0.2, 0.25) is 15.9 Å². The fourth-order valence-electron chi connectivity index (χ4n) is 4.33. The molecule has 0 aliphatic carbocycles. The Kier molecular flexibility index (Phi) is 6.94. The molecule has 0 spiro atoms. The Morgan fingerprint density at radius 1 is 1.10 bits per heavy atom. The molecular formula is C24H32N2O4S. The highest BCUT2D eigenvalue weighted by atomic mass is 32.2. The van der Waals surface area contributed by atoms with Gasteiger partial charge in [-0.25, -0.2) is 8.42 Å². The van der Waals surface area contributed by atoms with Gasteiger partial charge in [0.1, 0.15) is 17.4 Å². The minimum absolute atomic E-state index is 0.247. The van der Waals surface area contributed by atoms with Crippen molar-refractivity contribution in [2.24, 2.45) is 0 Å². The van der Waals surface area contributed by atoms with Crippen molar-refractivity contribution in [1.82, 2.24) is 5.32 Å². The molecule has 0 bridgehead atoms. The summed E-state index contributed by atoms with van der Waals surface area (Å²) in [5.41, 5.74) is 1.05. The van der Waals surface area contributed by atoms with Crippen molar-refractivity contribution in [2.45, 2.75) is 64.1 Å². The zero-order valence-corrected chi connectivity index (χ0v) is 19.5. The first-order valence-electron chi connectivity index (χ1n) is 10.9. The molecule has 3 rings (SSSR count). The zero-order valence-electron chi connectivity index (χ0n) is 18.7. The third-order valence-corrected chi connectivity index (χ3v) is 7.32. The van der Waals surface area contributed by atoms with Crippen molar-refractivity contribution in [3.05, 3.63) is 60.2 Å². The summed E-state index contributed by atoms with van der Waals surface area (Å²) in [4.78, 5) is 13.4. The molecule has 0 saturated heterocycles. The molecule has 1 aliphatic rings. The van der Waals surface area contributed by atoms with Gasteiger partial charge in [-0.05, 0) is 37.5 Å². The number of sulfonamides is 1. The Morgan fingerprint density at radius 2 is 1.71 bits per heavy atom. The van der Waals surface area contributed by atoms with Crippen LogP contribution in [-0.4, -0.2) is 32.2 Å². The maximum absolute atomic E-state index is 13.4. The van der Waals surface area contributed by atoms with E-state index in [1.54, 1.807) is 24.3 Å². The van der Waals surface area contributed by atoms with Gasteiger partial charge in [-0.1, -0.05) is 57.2 Å². The Balaban J connectivity index is 1.94. The monoisotopic (exact) mass is 444 g/mol. The van der Waals surface area contributed by atoms with E-state index in [0.717, 1.165) is 30.4 Å². The summed E-state index contributed by atoms with van der Waals surface area (Å²) < 4.78 is 32.9. The number of amides is 1.